The van der Waals surface area contributed by atoms with Crippen molar-refractivity contribution in [3.05, 3.63) is 76.3 Å². The quantitative estimate of drug-likeness (QED) is 0.495. The highest BCUT2D eigenvalue weighted by atomic mass is 79.9. The van der Waals surface area contributed by atoms with E-state index in [0.29, 0.717) is 11.5 Å². The van der Waals surface area contributed by atoms with Gasteiger partial charge in [-0.3, -0.25) is 9.59 Å². The second-order valence-corrected chi connectivity index (χ2v) is 8.58. The van der Waals surface area contributed by atoms with E-state index < -0.39 is 5.97 Å². The molecule has 4 rings (SSSR count). The van der Waals surface area contributed by atoms with Crippen LogP contribution in [-0.2, 0) is 4.79 Å². The molecule has 1 fully saturated rings. The molecule has 148 valence electrons. The number of carboxylic acid groups (broad SMARTS) is 1. The third kappa shape index (κ3) is 4.51. The number of nitrogens with one attached hydrogen (secondary N) is 1. The highest BCUT2D eigenvalue weighted by Gasteiger charge is 2.26. The van der Waals surface area contributed by atoms with Crippen molar-refractivity contribution in [2.75, 3.05) is 5.32 Å². The average molecular weight is 452 g/mol. The van der Waals surface area contributed by atoms with Gasteiger partial charge in [0.05, 0.1) is 5.92 Å². The van der Waals surface area contributed by atoms with Crippen molar-refractivity contribution >= 4 is 44.3 Å². The van der Waals surface area contributed by atoms with E-state index >= 15 is 0 Å². The lowest BCUT2D eigenvalue weighted by molar-refractivity contribution is -0.142. The molecule has 2 N–H and O–H groups in total. The first-order valence-electron chi connectivity index (χ1n) is 9.83. The van der Waals surface area contributed by atoms with Crippen molar-refractivity contribution in [3.63, 3.8) is 0 Å². The number of amides is 1. The minimum atomic E-state index is -0.678. The Kier molecular flexibility index (Phi) is 5.67. The van der Waals surface area contributed by atoms with Crippen molar-refractivity contribution in [1.29, 1.82) is 0 Å². The van der Waals surface area contributed by atoms with Gasteiger partial charge in [0.15, 0.2) is 0 Å². The summed E-state index contributed by atoms with van der Waals surface area (Å²) in [5, 5.41) is 14.2. The second-order valence-electron chi connectivity index (χ2n) is 7.67. The number of benzene rings is 3. The monoisotopic (exact) mass is 451 g/mol. The van der Waals surface area contributed by atoms with Gasteiger partial charge < -0.3 is 10.4 Å². The Bertz CT molecular complexity index is 1050. The Hall–Kier alpha value is -2.66. The summed E-state index contributed by atoms with van der Waals surface area (Å²) in [7, 11) is 0. The zero-order valence-electron chi connectivity index (χ0n) is 15.9. The summed E-state index contributed by atoms with van der Waals surface area (Å²) in [6.07, 6.45) is 3.26. The van der Waals surface area contributed by atoms with Crippen LogP contribution in [0.4, 0.5) is 5.69 Å². The zero-order valence-corrected chi connectivity index (χ0v) is 17.5. The van der Waals surface area contributed by atoms with Crippen LogP contribution in [-0.4, -0.2) is 17.0 Å². The van der Waals surface area contributed by atoms with E-state index in [1.807, 2.05) is 60.7 Å². The smallest absolute Gasteiger partial charge is 0.306 e. The Morgan fingerprint density at radius 2 is 1.52 bits per heavy atom. The molecule has 1 saturated carbocycles. The van der Waals surface area contributed by atoms with Gasteiger partial charge in [0.25, 0.3) is 5.91 Å². The normalized spacial score (nSPS) is 19.1. The number of hydrogen-bond acceptors (Lipinski definition) is 2. The number of carboxylic acids is 1. The van der Waals surface area contributed by atoms with Crippen LogP contribution in [0.25, 0.3) is 10.8 Å². The number of carbonyl (C=O) groups is 2. The topological polar surface area (TPSA) is 66.4 Å². The first-order valence-corrected chi connectivity index (χ1v) is 10.6. The molecule has 0 radical (unpaired) electrons. The fourth-order valence-electron chi connectivity index (χ4n) is 4.07. The molecule has 0 unspecified atom stereocenters. The number of fused-ring (bicyclic) bond motifs is 1. The molecule has 0 atom stereocenters. The van der Waals surface area contributed by atoms with E-state index in [0.717, 1.165) is 46.6 Å². The molecule has 29 heavy (non-hydrogen) atoms. The highest BCUT2D eigenvalue weighted by Crippen LogP contribution is 2.36. The number of aliphatic carboxylic acids is 1. The lowest BCUT2D eigenvalue weighted by Gasteiger charge is -2.26. The lowest BCUT2D eigenvalue weighted by Crippen LogP contribution is -2.20. The maximum atomic E-state index is 12.6. The Labute approximate surface area is 178 Å². The Balaban J connectivity index is 1.41. The number of hydrogen-bond donors (Lipinski definition) is 2. The molecule has 4 nitrogen and oxygen atoms in total. The average Bonchev–Trinajstić information content (AvgIpc) is 2.74. The van der Waals surface area contributed by atoms with Gasteiger partial charge in [0.1, 0.15) is 0 Å². The molecular formula is C24H22BrNO3. The minimum Gasteiger partial charge on any atom is -0.481 e. The first kappa shape index (κ1) is 19.6. The summed E-state index contributed by atoms with van der Waals surface area (Å²) < 4.78 is 1.01. The van der Waals surface area contributed by atoms with Crippen LogP contribution in [0.3, 0.4) is 0 Å². The summed E-state index contributed by atoms with van der Waals surface area (Å²) in [6, 6.07) is 19.6. The summed E-state index contributed by atoms with van der Waals surface area (Å²) >= 11 is 3.46. The minimum absolute atomic E-state index is 0.135. The van der Waals surface area contributed by atoms with Crippen molar-refractivity contribution in [2.45, 2.75) is 31.6 Å². The third-order valence-corrected chi connectivity index (χ3v) is 6.27. The Morgan fingerprint density at radius 1 is 0.862 bits per heavy atom. The van der Waals surface area contributed by atoms with Crippen molar-refractivity contribution in [1.82, 2.24) is 0 Å². The number of carbonyl (C=O) groups excluding carboxylic acids is 1. The van der Waals surface area contributed by atoms with Crippen LogP contribution < -0.4 is 5.32 Å². The van der Waals surface area contributed by atoms with Crippen LogP contribution in [0, 0.1) is 5.92 Å². The van der Waals surface area contributed by atoms with E-state index in [9.17, 15) is 9.59 Å². The maximum Gasteiger partial charge on any atom is 0.306 e. The Morgan fingerprint density at radius 3 is 2.21 bits per heavy atom. The maximum absolute atomic E-state index is 12.6. The summed E-state index contributed by atoms with van der Waals surface area (Å²) in [6.45, 7) is 0. The van der Waals surface area contributed by atoms with Crippen LogP contribution in [0.2, 0.25) is 0 Å². The molecule has 0 aliphatic heterocycles. The molecule has 0 bridgehead atoms. The number of rotatable bonds is 4. The number of anilines is 1. The van der Waals surface area contributed by atoms with Crippen LogP contribution in [0.1, 0.15) is 47.5 Å². The molecule has 3 aromatic carbocycles. The van der Waals surface area contributed by atoms with Crippen molar-refractivity contribution in [3.8, 4) is 0 Å². The van der Waals surface area contributed by atoms with Crippen LogP contribution in [0.5, 0.6) is 0 Å². The second kappa shape index (κ2) is 8.37. The molecule has 5 heteroatoms. The van der Waals surface area contributed by atoms with Gasteiger partial charge in [0.2, 0.25) is 0 Å². The van der Waals surface area contributed by atoms with Gasteiger partial charge in [-0.25, -0.2) is 0 Å². The third-order valence-electron chi connectivity index (χ3n) is 5.78. The van der Waals surface area contributed by atoms with Gasteiger partial charge in [0, 0.05) is 15.7 Å². The van der Waals surface area contributed by atoms with Gasteiger partial charge in [-0.1, -0.05) is 40.2 Å². The first-order chi connectivity index (χ1) is 14.0. The summed E-state index contributed by atoms with van der Waals surface area (Å²) in [4.78, 5) is 23.7. The number of halogens is 1. The molecule has 1 amide bonds. The van der Waals surface area contributed by atoms with Crippen molar-refractivity contribution in [2.24, 2.45) is 5.92 Å². The zero-order chi connectivity index (χ0) is 20.4. The predicted octanol–water partition coefficient (Wildman–Crippen LogP) is 6.21. The molecule has 3 aromatic rings. The van der Waals surface area contributed by atoms with Gasteiger partial charge in [-0.15, -0.1) is 0 Å². The SMILES string of the molecule is O=C(Nc1ccc([C@H]2CC[C@H](C(=O)O)CC2)cc1)c1ccc2cc(Br)ccc2c1. The molecule has 0 aromatic heterocycles. The summed E-state index contributed by atoms with van der Waals surface area (Å²) in [5.41, 5.74) is 2.59. The van der Waals surface area contributed by atoms with Gasteiger partial charge in [-0.05, 0) is 84.3 Å². The van der Waals surface area contributed by atoms with E-state index in [1.165, 1.54) is 5.56 Å². The van der Waals surface area contributed by atoms with Crippen LogP contribution in [0.15, 0.2) is 65.1 Å². The molecule has 1 aliphatic carbocycles. The van der Waals surface area contributed by atoms with Crippen molar-refractivity contribution < 1.29 is 14.7 Å². The van der Waals surface area contributed by atoms with E-state index in [4.69, 9.17) is 5.11 Å². The molecule has 1 aliphatic rings. The lowest BCUT2D eigenvalue weighted by atomic mass is 9.79. The highest BCUT2D eigenvalue weighted by molar-refractivity contribution is 9.10. The molecule has 0 heterocycles. The van der Waals surface area contributed by atoms with Gasteiger partial charge >= 0.3 is 5.97 Å². The standard InChI is InChI=1S/C24H22BrNO3/c25-21-10-7-18-13-20(6-5-19(18)14-21)23(27)26-22-11-8-16(9-12-22)15-1-3-17(4-2-15)24(28)29/h5-15,17H,1-4H2,(H,26,27)(H,28,29)/t15-,17-. The van der Waals surface area contributed by atoms with E-state index in [1.54, 1.807) is 0 Å². The van der Waals surface area contributed by atoms with Gasteiger partial charge in [-0.2, -0.15) is 0 Å². The largest absolute Gasteiger partial charge is 0.481 e. The fraction of sp³-hybridized carbons (Fsp3) is 0.250. The molecular weight excluding hydrogens is 430 g/mol. The fourth-order valence-corrected chi connectivity index (χ4v) is 4.45. The molecule has 0 saturated heterocycles. The van der Waals surface area contributed by atoms with E-state index in [2.05, 4.69) is 21.2 Å². The predicted molar refractivity (Wildman–Crippen MR) is 118 cm³/mol. The van der Waals surface area contributed by atoms with E-state index in [-0.39, 0.29) is 11.8 Å². The van der Waals surface area contributed by atoms with Crippen LogP contribution >= 0.6 is 15.9 Å². The molecule has 0 spiro atoms. The summed E-state index contributed by atoms with van der Waals surface area (Å²) in [5.74, 6) is -0.615.